The normalized spacial score (nSPS) is 47.0. The summed E-state index contributed by atoms with van der Waals surface area (Å²) in [4.78, 5) is 0.859. The van der Waals surface area contributed by atoms with E-state index in [1.54, 1.807) is 0 Å². The zero-order valence-corrected chi connectivity index (χ0v) is 7.54. The molecule has 1 aliphatic carbocycles. The Labute approximate surface area is 70.1 Å². The van der Waals surface area contributed by atoms with Crippen LogP contribution in [0, 0.1) is 11.8 Å². The summed E-state index contributed by atoms with van der Waals surface area (Å²) in [5.74, 6) is 2.00. The summed E-state index contributed by atoms with van der Waals surface area (Å²) in [5.41, 5.74) is 0. The van der Waals surface area contributed by atoms with Gasteiger partial charge in [0.1, 0.15) is 0 Å². The highest BCUT2D eigenvalue weighted by molar-refractivity contribution is 9.09. The molecule has 1 saturated carbocycles. The molecule has 1 N–H and O–H groups in total. The molecule has 1 aliphatic heterocycles. The Bertz CT molecular complexity index is 97.2. The predicted molar refractivity (Wildman–Crippen MR) is 44.4 cm³/mol. The molecular weight excluding hydrogens is 201 g/mol. The van der Waals surface area contributed by atoms with Gasteiger partial charge in [0.2, 0.25) is 0 Å². The van der Waals surface area contributed by atoms with Crippen LogP contribution in [0.4, 0.5) is 0 Å². The Morgan fingerprint density at radius 1 is 1.33 bits per heavy atom. The smallest absolute Gasteiger partial charge is 0.0221 e. The second kappa shape index (κ2) is 2.77. The molecule has 9 heavy (non-hydrogen) atoms. The maximum absolute atomic E-state index is 3.64. The SMILES string of the molecule is BrC1C2CCNCC12.Cl. The van der Waals surface area contributed by atoms with Crippen LogP contribution in [0.5, 0.6) is 0 Å². The third-order valence-electron chi connectivity index (χ3n) is 2.26. The number of piperidine rings is 1. The first-order chi connectivity index (χ1) is 3.89. The maximum Gasteiger partial charge on any atom is 0.0221 e. The minimum atomic E-state index is 0. The third kappa shape index (κ3) is 1.26. The van der Waals surface area contributed by atoms with E-state index in [-0.39, 0.29) is 12.4 Å². The van der Waals surface area contributed by atoms with Gasteiger partial charge in [0.05, 0.1) is 0 Å². The summed E-state index contributed by atoms with van der Waals surface area (Å²) in [6, 6.07) is 0. The van der Waals surface area contributed by atoms with Gasteiger partial charge in [-0.3, -0.25) is 0 Å². The lowest BCUT2D eigenvalue weighted by molar-refractivity contribution is 0.497. The average Bonchev–Trinajstić information content (AvgIpc) is 2.46. The van der Waals surface area contributed by atoms with Gasteiger partial charge in [-0.05, 0) is 31.3 Å². The van der Waals surface area contributed by atoms with E-state index < -0.39 is 0 Å². The Kier molecular flexibility index (Phi) is 2.41. The average molecular weight is 213 g/mol. The Balaban J connectivity index is 0.000000405. The molecule has 2 rings (SSSR count). The molecule has 3 heteroatoms. The zero-order chi connectivity index (χ0) is 5.56. The third-order valence-corrected chi connectivity index (χ3v) is 3.62. The van der Waals surface area contributed by atoms with Crippen LogP contribution in [-0.4, -0.2) is 17.9 Å². The Morgan fingerprint density at radius 2 is 2.11 bits per heavy atom. The summed E-state index contributed by atoms with van der Waals surface area (Å²) < 4.78 is 0. The Hall–Kier alpha value is 0.730. The Morgan fingerprint density at radius 3 is 2.56 bits per heavy atom. The second-order valence-electron chi connectivity index (χ2n) is 2.76. The van der Waals surface area contributed by atoms with Crippen molar-refractivity contribution in [3.05, 3.63) is 0 Å². The van der Waals surface area contributed by atoms with Crippen molar-refractivity contribution < 1.29 is 0 Å². The van der Waals surface area contributed by atoms with Crippen LogP contribution in [0.15, 0.2) is 0 Å². The fourth-order valence-electron chi connectivity index (χ4n) is 1.57. The van der Waals surface area contributed by atoms with Gasteiger partial charge in [-0.15, -0.1) is 12.4 Å². The number of nitrogens with one attached hydrogen (secondary N) is 1. The molecule has 0 radical (unpaired) electrons. The van der Waals surface area contributed by atoms with E-state index in [2.05, 4.69) is 21.2 Å². The number of hydrogen-bond donors (Lipinski definition) is 1. The second-order valence-corrected chi connectivity index (χ2v) is 3.82. The standard InChI is InChI=1S/C6H10BrN.ClH/c7-6-4-1-2-8-3-5(4)6;/h4-6,8H,1-3H2;1H. The number of halogens is 2. The number of rotatable bonds is 0. The first kappa shape index (κ1) is 7.83. The van der Waals surface area contributed by atoms with Crippen LogP contribution in [0.2, 0.25) is 0 Å². The minimum Gasteiger partial charge on any atom is -0.316 e. The molecule has 54 valence electrons. The van der Waals surface area contributed by atoms with Crippen molar-refractivity contribution in [2.75, 3.05) is 13.1 Å². The van der Waals surface area contributed by atoms with Gasteiger partial charge in [0.25, 0.3) is 0 Å². The molecular formula is C6H11BrClN. The molecule has 1 saturated heterocycles. The summed E-state index contributed by atoms with van der Waals surface area (Å²) in [6.45, 7) is 2.49. The van der Waals surface area contributed by atoms with Crippen molar-refractivity contribution in [3.8, 4) is 0 Å². The molecule has 0 bridgehead atoms. The topological polar surface area (TPSA) is 12.0 Å². The molecule has 2 aliphatic rings. The lowest BCUT2D eigenvalue weighted by Crippen LogP contribution is -2.23. The highest BCUT2D eigenvalue weighted by Crippen LogP contribution is 2.48. The van der Waals surface area contributed by atoms with Gasteiger partial charge in [0, 0.05) is 4.83 Å². The van der Waals surface area contributed by atoms with Crippen molar-refractivity contribution in [1.82, 2.24) is 5.32 Å². The first-order valence-electron chi connectivity index (χ1n) is 3.24. The zero-order valence-electron chi connectivity index (χ0n) is 5.14. The van der Waals surface area contributed by atoms with Crippen molar-refractivity contribution in [1.29, 1.82) is 0 Å². The highest BCUT2D eigenvalue weighted by Gasteiger charge is 2.48. The number of hydrogen-bond acceptors (Lipinski definition) is 1. The lowest BCUT2D eigenvalue weighted by Gasteiger charge is -2.07. The molecule has 1 nitrogen and oxygen atoms in total. The van der Waals surface area contributed by atoms with Crippen molar-refractivity contribution >= 4 is 28.3 Å². The van der Waals surface area contributed by atoms with E-state index in [4.69, 9.17) is 0 Å². The van der Waals surface area contributed by atoms with E-state index in [0.29, 0.717) is 0 Å². The fraction of sp³-hybridized carbons (Fsp3) is 1.00. The number of fused-ring (bicyclic) bond motifs is 1. The molecule has 0 aromatic rings. The van der Waals surface area contributed by atoms with E-state index in [0.717, 1.165) is 16.7 Å². The van der Waals surface area contributed by atoms with Crippen LogP contribution in [-0.2, 0) is 0 Å². The quantitative estimate of drug-likeness (QED) is 0.599. The summed E-state index contributed by atoms with van der Waals surface area (Å²) >= 11 is 3.64. The van der Waals surface area contributed by atoms with Gasteiger partial charge >= 0.3 is 0 Å². The summed E-state index contributed by atoms with van der Waals surface area (Å²) in [5, 5.41) is 3.38. The van der Waals surface area contributed by atoms with E-state index in [9.17, 15) is 0 Å². The summed E-state index contributed by atoms with van der Waals surface area (Å²) in [7, 11) is 0. The molecule has 0 aromatic carbocycles. The van der Waals surface area contributed by atoms with Crippen LogP contribution in [0.3, 0.4) is 0 Å². The largest absolute Gasteiger partial charge is 0.316 e. The van der Waals surface area contributed by atoms with Crippen LogP contribution in [0.1, 0.15) is 6.42 Å². The van der Waals surface area contributed by atoms with Crippen molar-refractivity contribution in [3.63, 3.8) is 0 Å². The molecule has 3 atom stereocenters. The number of alkyl halides is 1. The molecule has 1 heterocycles. The van der Waals surface area contributed by atoms with Gasteiger partial charge < -0.3 is 5.32 Å². The molecule has 3 unspecified atom stereocenters. The summed E-state index contributed by atoms with van der Waals surface area (Å²) in [6.07, 6.45) is 1.39. The molecule has 0 amide bonds. The maximum atomic E-state index is 3.64. The molecule has 0 aromatic heterocycles. The van der Waals surface area contributed by atoms with Crippen LogP contribution < -0.4 is 5.32 Å². The minimum absolute atomic E-state index is 0. The highest BCUT2D eigenvalue weighted by atomic mass is 79.9. The van der Waals surface area contributed by atoms with E-state index in [1.165, 1.54) is 19.5 Å². The molecule has 0 spiro atoms. The van der Waals surface area contributed by atoms with Crippen LogP contribution >= 0.6 is 28.3 Å². The van der Waals surface area contributed by atoms with Gasteiger partial charge in [-0.2, -0.15) is 0 Å². The van der Waals surface area contributed by atoms with Crippen molar-refractivity contribution in [2.24, 2.45) is 11.8 Å². The van der Waals surface area contributed by atoms with Gasteiger partial charge in [-0.25, -0.2) is 0 Å². The molecule has 2 fully saturated rings. The monoisotopic (exact) mass is 211 g/mol. The van der Waals surface area contributed by atoms with Gasteiger partial charge in [0.15, 0.2) is 0 Å². The van der Waals surface area contributed by atoms with Crippen molar-refractivity contribution in [2.45, 2.75) is 11.2 Å². The van der Waals surface area contributed by atoms with E-state index in [1.807, 2.05) is 0 Å². The van der Waals surface area contributed by atoms with E-state index >= 15 is 0 Å². The fourth-order valence-corrected chi connectivity index (χ4v) is 2.63. The first-order valence-corrected chi connectivity index (χ1v) is 4.16. The van der Waals surface area contributed by atoms with Crippen LogP contribution in [0.25, 0.3) is 0 Å². The van der Waals surface area contributed by atoms with Gasteiger partial charge in [-0.1, -0.05) is 15.9 Å². The predicted octanol–water partition coefficient (Wildman–Crippen LogP) is 1.41. The lowest BCUT2D eigenvalue weighted by atomic mass is 10.2.